The molecule has 0 aliphatic carbocycles. The minimum atomic E-state index is -4.61. The molecule has 0 radical (unpaired) electrons. The van der Waals surface area contributed by atoms with Crippen LogP contribution in [0.5, 0.6) is 0 Å². The highest BCUT2D eigenvalue weighted by molar-refractivity contribution is 6.33. The molecule has 0 N–H and O–H groups in total. The Labute approximate surface area is 77.3 Å². The number of rotatable bonds is 1. The minimum absolute atomic E-state index is 0.0389. The van der Waals surface area contributed by atoms with Gasteiger partial charge in [-0.25, -0.2) is 0 Å². The first-order valence-electron chi connectivity index (χ1n) is 3.50. The van der Waals surface area contributed by atoms with Crippen molar-refractivity contribution >= 4 is 19.1 Å². The second kappa shape index (κ2) is 3.28. The van der Waals surface area contributed by atoms with Crippen LogP contribution in [-0.2, 0) is 6.18 Å². The molecule has 74 valence electrons. The fraction of sp³-hybridized carbons (Fsp3) is 0.167. The van der Waals surface area contributed by atoms with E-state index in [1.165, 1.54) is 7.85 Å². The molecule has 14 heavy (non-hydrogen) atoms. The summed E-state index contributed by atoms with van der Waals surface area (Å²) in [5, 5.41) is 10.3. The molecular weight excluding hydrogens is 200 g/mol. The van der Waals surface area contributed by atoms with Crippen molar-refractivity contribution in [3.05, 3.63) is 27.9 Å². The number of nitro groups is 1. The second-order valence-electron chi connectivity index (χ2n) is 2.58. The standard InChI is InChI=1S/C6H4BF3N2O2/c7-5-4(12(13)14)1-3(2-11-5)6(8,9)10/h1-2H,7H2. The summed E-state index contributed by atoms with van der Waals surface area (Å²) in [5.74, 6) is 0. The Morgan fingerprint density at radius 2 is 2.07 bits per heavy atom. The highest BCUT2D eigenvalue weighted by atomic mass is 19.4. The summed E-state index contributed by atoms with van der Waals surface area (Å²) >= 11 is 0. The van der Waals surface area contributed by atoms with E-state index < -0.39 is 22.4 Å². The van der Waals surface area contributed by atoms with Gasteiger partial charge in [0.05, 0.1) is 16.1 Å². The number of nitrogens with zero attached hydrogens (tertiary/aromatic N) is 2. The van der Waals surface area contributed by atoms with Gasteiger partial charge in [0.2, 0.25) is 0 Å². The van der Waals surface area contributed by atoms with Crippen LogP contribution < -0.4 is 5.59 Å². The predicted octanol–water partition coefficient (Wildman–Crippen LogP) is 0.267. The van der Waals surface area contributed by atoms with E-state index in [0.717, 1.165) is 0 Å². The first kappa shape index (κ1) is 10.5. The average molecular weight is 204 g/mol. The van der Waals surface area contributed by atoms with E-state index >= 15 is 0 Å². The number of hydrogen-bond acceptors (Lipinski definition) is 3. The molecule has 0 saturated carbocycles. The van der Waals surface area contributed by atoms with Crippen LogP contribution in [0.1, 0.15) is 5.56 Å². The Morgan fingerprint density at radius 1 is 1.50 bits per heavy atom. The molecule has 0 aromatic carbocycles. The normalized spacial score (nSPS) is 11.4. The maximum atomic E-state index is 12.1. The van der Waals surface area contributed by atoms with Crippen LogP contribution in [0.15, 0.2) is 12.3 Å². The lowest BCUT2D eigenvalue weighted by molar-refractivity contribution is -0.384. The largest absolute Gasteiger partial charge is 0.418 e. The molecule has 0 atom stereocenters. The van der Waals surface area contributed by atoms with Crippen LogP contribution in [0.25, 0.3) is 0 Å². The van der Waals surface area contributed by atoms with E-state index in [1.54, 1.807) is 0 Å². The maximum Gasteiger partial charge on any atom is 0.418 e. The zero-order valence-electron chi connectivity index (χ0n) is 7.00. The third kappa shape index (κ3) is 2.01. The molecule has 0 aliphatic rings. The van der Waals surface area contributed by atoms with Crippen LogP contribution in [0.3, 0.4) is 0 Å². The smallest absolute Gasteiger partial charge is 0.264 e. The molecular formula is C6H4BF3N2O2. The third-order valence-corrected chi connectivity index (χ3v) is 1.58. The molecule has 1 aromatic heterocycles. The monoisotopic (exact) mass is 204 g/mol. The van der Waals surface area contributed by atoms with Gasteiger partial charge in [0, 0.05) is 12.3 Å². The molecule has 1 rings (SSSR count). The fourth-order valence-electron chi connectivity index (χ4n) is 0.861. The summed E-state index contributed by atoms with van der Waals surface area (Å²) in [6, 6.07) is 0.475. The van der Waals surface area contributed by atoms with Crippen molar-refractivity contribution in [1.82, 2.24) is 4.98 Å². The van der Waals surface area contributed by atoms with Crippen molar-refractivity contribution in [1.29, 1.82) is 0 Å². The molecule has 8 heteroatoms. The molecule has 0 amide bonds. The Balaban J connectivity index is 3.27. The lowest BCUT2D eigenvalue weighted by atomic mass is 10.0. The van der Waals surface area contributed by atoms with Gasteiger partial charge in [0.1, 0.15) is 0 Å². The molecule has 0 unspecified atom stereocenters. The molecule has 4 nitrogen and oxygen atoms in total. The summed E-state index contributed by atoms with van der Waals surface area (Å²) in [7, 11) is 1.28. The van der Waals surface area contributed by atoms with Gasteiger partial charge < -0.3 is 0 Å². The van der Waals surface area contributed by atoms with Gasteiger partial charge in [-0.2, -0.15) is 13.2 Å². The van der Waals surface area contributed by atoms with Crippen molar-refractivity contribution in [2.75, 3.05) is 0 Å². The van der Waals surface area contributed by atoms with Crippen LogP contribution in [0, 0.1) is 10.1 Å². The van der Waals surface area contributed by atoms with Crippen molar-refractivity contribution < 1.29 is 18.1 Å². The molecule has 0 bridgehead atoms. The highest BCUT2D eigenvalue weighted by Gasteiger charge is 2.33. The minimum Gasteiger partial charge on any atom is -0.264 e. The van der Waals surface area contributed by atoms with E-state index in [-0.39, 0.29) is 5.59 Å². The van der Waals surface area contributed by atoms with Crippen LogP contribution >= 0.6 is 0 Å². The van der Waals surface area contributed by atoms with Crippen LogP contribution in [0.4, 0.5) is 18.9 Å². The molecule has 0 aliphatic heterocycles. The Kier molecular flexibility index (Phi) is 2.46. The molecule has 1 heterocycles. The average Bonchev–Trinajstić information content (AvgIpc) is 2.02. The highest BCUT2D eigenvalue weighted by Crippen LogP contribution is 2.29. The van der Waals surface area contributed by atoms with Gasteiger partial charge in [-0.3, -0.25) is 15.1 Å². The second-order valence-corrected chi connectivity index (χ2v) is 2.58. The third-order valence-electron chi connectivity index (χ3n) is 1.58. The van der Waals surface area contributed by atoms with E-state index in [1.807, 2.05) is 0 Å². The lowest BCUT2D eigenvalue weighted by Gasteiger charge is -2.05. The molecule has 0 fully saturated rings. The number of pyridine rings is 1. The topological polar surface area (TPSA) is 56.0 Å². The van der Waals surface area contributed by atoms with Gasteiger partial charge in [0.15, 0.2) is 7.85 Å². The van der Waals surface area contributed by atoms with Gasteiger partial charge in [-0.15, -0.1) is 0 Å². The van der Waals surface area contributed by atoms with Crippen LogP contribution in [-0.4, -0.2) is 17.8 Å². The Bertz CT molecular complexity index is 380. The van der Waals surface area contributed by atoms with Crippen molar-refractivity contribution in [2.24, 2.45) is 0 Å². The Morgan fingerprint density at radius 3 is 2.50 bits per heavy atom. The van der Waals surface area contributed by atoms with E-state index in [9.17, 15) is 23.3 Å². The van der Waals surface area contributed by atoms with E-state index in [0.29, 0.717) is 12.3 Å². The SMILES string of the molecule is Bc1ncc(C(F)(F)F)cc1[N+](=O)[O-]. The number of aromatic nitrogens is 1. The predicted molar refractivity (Wildman–Crippen MR) is 44.1 cm³/mol. The molecule has 0 spiro atoms. The van der Waals surface area contributed by atoms with Crippen molar-refractivity contribution in [2.45, 2.75) is 6.18 Å². The van der Waals surface area contributed by atoms with Crippen molar-refractivity contribution in [3.63, 3.8) is 0 Å². The summed E-state index contributed by atoms with van der Waals surface area (Å²) in [4.78, 5) is 12.7. The zero-order valence-corrected chi connectivity index (χ0v) is 7.00. The summed E-state index contributed by atoms with van der Waals surface area (Å²) in [6.45, 7) is 0. The lowest BCUT2D eigenvalue weighted by Crippen LogP contribution is -2.17. The summed E-state index contributed by atoms with van der Waals surface area (Å²) in [5.41, 5.74) is -1.78. The quantitative estimate of drug-likeness (QED) is 0.374. The van der Waals surface area contributed by atoms with Gasteiger partial charge >= 0.3 is 6.18 Å². The number of halogens is 3. The van der Waals surface area contributed by atoms with Crippen molar-refractivity contribution in [3.8, 4) is 0 Å². The summed E-state index contributed by atoms with van der Waals surface area (Å²) in [6.07, 6.45) is -4.03. The summed E-state index contributed by atoms with van der Waals surface area (Å²) < 4.78 is 36.3. The first-order chi connectivity index (χ1) is 6.32. The van der Waals surface area contributed by atoms with Gasteiger partial charge in [-0.1, -0.05) is 0 Å². The van der Waals surface area contributed by atoms with Gasteiger partial charge in [-0.05, 0) is 0 Å². The molecule has 0 saturated heterocycles. The maximum absolute atomic E-state index is 12.1. The van der Waals surface area contributed by atoms with Gasteiger partial charge in [0.25, 0.3) is 5.69 Å². The van der Waals surface area contributed by atoms with Crippen LogP contribution in [0.2, 0.25) is 0 Å². The van der Waals surface area contributed by atoms with E-state index in [4.69, 9.17) is 0 Å². The Hall–Kier alpha value is -1.60. The number of alkyl halides is 3. The fourth-order valence-corrected chi connectivity index (χ4v) is 0.861. The van der Waals surface area contributed by atoms with E-state index in [2.05, 4.69) is 4.98 Å². The zero-order chi connectivity index (χ0) is 10.9. The first-order valence-corrected chi connectivity index (χ1v) is 3.50. The molecule has 1 aromatic rings. The number of hydrogen-bond donors (Lipinski definition) is 0.